The zero-order chi connectivity index (χ0) is 16.2. The Labute approximate surface area is 129 Å². The molecule has 1 rings (SSSR count). The van der Waals surface area contributed by atoms with Crippen molar-refractivity contribution in [3.63, 3.8) is 0 Å². The Kier molecular flexibility index (Phi) is 6.38. The van der Waals surface area contributed by atoms with Gasteiger partial charge in [-0.3, -0.25) is 0 Å². The summed E-state index contributed by atoms with van der Waals surface area (Å²) in [5, 5.41) is 3.06. The van der Waals surface area contributed by atoms with Crippen molar-refractivity contribution in [3.8, 4) is 0 Å². The molecular formula is C16H28N2O2S. The molecule has 0 aromatic heterocycles. The van der Waals surface area contributed by atoms with E-state index in [0.29, 0.717) is 23.9 Å². The first-order valence-electron chi connectivity index (χ1n) is 7.46. The van der Waals surface area contributed by atoms with Gasteiger partial charge in [0.25, 0.3) is 0 Å². The van der Waals surface area contributed by atoms with Gasteiger partial charge in [-0.15, -0.1) is 0 Å². The largest absolute Gasteiger partial charge is 0.316 e. The number of nitrogens with zero attached hydrogens (tertiary/aromatic N) is 1. The topological polar surface area (TPSA) is 49.4 Å². The molecule has 0 radical (unpaired) electrons. The molecule has 4 nitrogen and oxygen atoms in total. The molecule has 0 aliphatic heterocycles. The number of sulfonamides is 1. The molecule has 0 spiro atoms. The second-order valence-corrected chi connectivity index (χ2v) is 8.05. The van der Waals surface area contributed by atoms with Crippen molar-refractivity contribution < 1.29 is 8.42 Å². The minimum atomic E-state index is -3.46. The average Bonchev–Trinajstić information content (AvgIpc) is 2.37. The highest BCUT2D eigenvalue weighted by Crippen LogP contribution is 2.24. The molecule has 0 amide bonds. The lowest BCUT2D eigenvalue weighted by atomic mass is 10.1. The molecule has 0 aliphatic rings. The van der Waals surface area contributed by atoms with E-state index in [9.17, 15) is 8.42 Å². The standard InChI is InChI=1S/C16H28N2O2S/c1-12(2)11-18(13(3)4)21(19,20)16-9-15(10-17-6)8-7-14(16)5/h7-9,12-13,17H,10-11H2,1-6H3. The van der Waals surface area contributed by atoms with E-state index in [0.717, 1.165) is 11.1 Å². The van der Waals surface area contributed by atoms with E-state index in [-0.39, 0.29) is 6.04 Å². The van der Waals surface area contributed by atoms with Crippen molar-refractivity contribution in [2.24, 2.45) is 5.92 Å². The number of rotatable bonds is 7. The first kappa shape index (κ1) is 18.1. The van der Waals surface area contributed by atoms with Gasteiger partial charge in [-0.1, -0.05) is 26.0 Å². The van der Waals surface area contributed by atoms with Crippen molar-refractivity contribution >= 4 is 10.0 Å². The number of hydrogen-bond donors (Lipinski definition) is 1. The Morgan fingerprint density at radius 1 is 1.19 bits per heavy atom. The van der Waals surface area contributed by atoms with Crippen LogP contribution in [0.5, 0.6) is 0 Å². The molecule has 5 heteroatoms. The normalized spacial score (nSPS) is 12.6. The Morgan fingerprint density at radius 2 is 1.81 bits per heavy atom. The van der Waals surface area contributed by atoms with Crippen LogP contribution in [0.4, 0.5) is 0 Å². The fourth-order valence-corrected chi connectivity index (χ4v) is 4.39. The maximum absolute atomic E-state index is 13.0. The third kappa shape index (κ3) is 4.53. The molecule has 0 bridgehead atoms. The van der Waals surface area contributed by atoms with E-state index in [1.165, 1.54) is 0 Å². The third-order valence-electron chi connectivity index (χ3n) is 3.34. The van der Waals surface area contributed by atoms with Crippen LogP contribution in [-0.4, -0.2) is 32.4 Å². The molecule has 1 aromatic rings. The van der Waals surface area contributed by atoms with Gasteiger partial charge in [0, 0.05) is 19.1 Å². The van der Waals surface area contributed by atoms with E-state index in [2.05, 4.69) is 5.32 Å². The van der Waals surface area contributed by atoms with E-state index >= 15 is 0 Å². The molecule has 0 heterocycles. The smallest absolute Gasteiger partial charge is 0.243 e. The van der Waals surface area contributed by atoms with Crippen molar-refractivity contribution in [1.29, 1.82) is 0 Å². The summed E-state index contributed by atoms with van der Waals surface area (Å²) in [6.07, 6.45) is 0. The minimum absolute atomic E-state index is 0.0512. The third-order valence-corrected chi connectivity index (χ3v) is 5.52. The van der Waals surface area contributed by atoms with Gasteiger partial charge in [-0.05, 0) is 50.9 Å². The lowest BCUT2D eigenvalue weighted by molar-refractivity contribution is 0.318. The average molecular weight is 312 g/mol. The zero-order valence-electron chi connectivity index (χ0n) is 14.0. The van der Waals surface area contributed by atoms with Crippen molar-refractivity contribution in [1.82, 2.24) is 9.62 Å². The van der Waals surface area contributed by atoms with Crippen LogP contribution in [0.1, 0.15) is 38.8 Å². The van der Waals surface area contributed by atoms with Gasteiger partial charge in [-0.25, -0.2) is 8.42 Å². The summed E-state index contributed by atoms with van der Waals surface area (Å²) in [6.45, 7) is 11.0. The van der Waals surface area contributed by atoms with E-state index < -0.39 is 10.0 Å². The summed E-state index contributed by atoms with van der Waals surface area (Å²) in [4.78, 5) is 0.421. The highest BCUT2D eigenvalue weighted by atomic mass is 32.2. The van der Waals surface area contributed by atoms with E-state index in [1.54, 1.807) is 10.4 Å². The SMILES string of the molecule is CNCc1ccc(C)c(S(=O)(=O)N(CC(C)C)C(C)C)c1. The van der Waals surface area contributed by atoms with Gasteiger partial charge in [0.1, 0.15) is 0 Å². The lowest BCUT2D eigenvalue weighted by Crippen LogP contribution is -2.39. The maximum Gasteiger partial charge on any atom is 0.243 e. The summed E-state index contributed by atoms with van der Waals surface area (Å²) < 4.78 is 27.6. The van der Waals surface area contributed by atoms with Crippen LogP contribution in [0, 0.1) is 12.8 Å². The number of nitrogens with one attached hydrogen (secondary N) is 1. The molecule has 1 N–H and O–H groups in total. The Hall–Kier alpha value is -0.910. The first-order valence-corrected chi connectivity index (χ1v) is 8.90. The van der Waals surface area contributed by atoms with Gasteiger partial charge in [0.05, 0.1) is 4.90 Å². The summed E-state index contributed by atoms with van der Waals surface area (Å²) in [6, 6.07) is 5.59. The molecule has 21 heavy (non-hydrogen) atoms. The first-order chi connectivity index (χ1) is 9.70. The highest BCUT2D eigenvalue weighted by Gasteiger charge is 2.29. The van der Waals surface area contributed by atoms with Crippen LogP contribution >= 0.6 is 0 Å². The van der Waals surface area contributed by atoms with Gasteiger partial charge in [0.15, 0.2) is 0 Å². The van der Waals surface area contributed by atoms with Crippen molar-refractivity contribution in [2.45, 2.75) is 52.1 Å². The molecular weight excluding hydrogens is 284 g/mol. The second kappa shape index (κ2) is 7.38. The fraction of sp³-hybridized carbons (Fsp3) is 0.625. The fourth-order valence-electron chi connectivity index (χ4n) is 2.31. The van der Waals surface area contributed by atoms with Crippen LogP contribution in [0.25, 0.3) is 0 Å². The molecule has 0 fully saturated rings. The van der Waals surface area contributed by atoms with Crippen molar-refractivity contribution in [3.05, 3.63) is 29.3 Å². The molecule has 1 aromatic carbocycles. The number of hydrogen-bond acceptors (Lipinski definition) is 3. The summed E-state index contributed by atoms with van der Waals surface area (Å²) in [7, 11) is -1.61. The van der Waals surface area contributed by atoms with Crippen LogP contribution in [0.15, 0.2) is 23.1 Å². The quantitative estimate of drug-likeness (QED) is 0.842. The summed E-state index contributed by atoms with van der Waals surface area (Å²) in [5.41, 5.74) is 1.78. The molecule has 0 saturated heterocycles. The molecule has 0 saturated carbocycles. The van der Waals surface area contributed by atoms with Gasteiger partial charge in [0.2, 0.25) is 10.0 Å². The summed E-state index contributed by atoms with van der Waals surface area (Å²) >= 11 is 0. The van der Waals surface area contributed by atoms with Gasteiger partial charge < -0.3 is 5.32 Å². The van der Waals surface area contributed by atoms with Crippen LogP contribution in [0.3, 0.4) is 0 Å². The van der Waals surface area contributed by atoms with Crippen molar-refractivity contribution in [2.75, 3.05) is 13.6 Å². The highest BCUT2D eigenvalue weighted by molar-refractivity contribution is 7.89. The molecule has 0 atom stereocenters. The van der Waals surface area contributed by atoms with E-state index in [4.69, 9.17) is 0 Å². The Balaban J connectivity index is 3.30. The monoisotopic (exact) mass is 312 g/mol. The second-order valence-electron chi connectivity index (χ2n) is 6.19. The minimum Gasteiger partial charge on any atom is -0.316 e. The van der Waals surface area contributed by atoms with Gasteiger partial charge >= 0.3 is 0 Å². The van der Waals surface area contributed by atoms with Gasteiger partial charge in [-0.2, -0.15) is 4.31 Å². The molecule has 120 valence electrons. The Morgan fingerprint density at radius 3 is 2.29 bits per heavy atom. The predicted octanol–water partition coefficient (Wildman–Crippen LogP) is 2.77. The zero-order valence-corrected chi connectivity index (χ0v) is 14.8. The van der Waals surface area contributed by atoms with Crippen LogP contribution < -0.4 is 5.32 Å². The van der Waals surface area contributed by atoms with Crippen LogP contribution in [0.2, 0.25) is 0 Å². The van der Waals surface area contributed by atoms with Crippen LogP contribution in [-0.2, 0) is 16.6 Å². The molecule has 0 unspecified atom stereocenters. The predicted molar refractivity (Wildman–Crippen MR) is 87.8 cm³/mol. The summed E-state index contributed by atoms with van der Waals surface area (Å²) in [5.74, 6) is 0.294. The number of benzene rings is 1. The lowest BCUT2D eigenvalue weighted by Gasteiger charge is -2.28. The van der Waals surface area contributed by atoms with E-state index in [1.807, 2.05) is 53.8 Å². The maximum atomic E-state index is 13.0. The number of aryl methyl sites for hydroxylation is 1. The molecule has 0 aliphatic carbocycles. The Bertz CT molecular complexity index is 566.